The number of ether oxygens (including phenoxy) is 1. The highest BCUT2D eigenvalue weighted by atomic mass is 32.1. The number of carbonyl (C=O) groups is 2. The minimum atomic E-state index is -0.907. The molecular weight excluding hydrogens is 256 g/mol. The quantitative estimate of drug-likeness (QED) is 0.764. The van der Waals surface area contributed by atoms with Gasteiger partial charge in [-0.3, -0.25) is 10.1 Å². The van der Waals surface area contributed by atoms with Gasteiger partial charge in [-0.15, -0.1) is 11.3 Å². The zero-order chi connectivity index (χ0) is 13.7. The van der Waals surface area contributed by atoms with Gasteiger partial charge in [0.1, 0.15) is 0 Å². The third-order valence-corrected chi connectivity index (χ3v) is 3.59. The molecule has 1 unspecified atom stereocenters. The van der Waals surface area contributed by atoms with Gasteiger partial charge in [-0.2, -0.15) is 0 Å². The highest BCUT2D eigenvalue weighted by Gasteiger charge is 2.24. The average Bonchev–Trinajstić information content (AvgIpc) is 2.67. The predicted molar refractivity (Wildman–Crippen MR) is 70.0 cm³/mol. The Morgan fingerprint density at radius 1 is 1.61 bits per heavy atom. The Labute approximate surface area is 109 Å². The first-order valence-electron chi connectivity index (χ1n) is 5.45. The van der Waals surface area contributed by atoms with Gasteiger partial charge in [0.05, 0.1) is 24.4 Å². The SMILES string of the molecule is CCCC(C(=O)O)c1scc(NC(=O)OC)c1N. The van der Waals surface area contributed by atoms with E-state index >= 15 is 0 Å². The predicted octanol–water partition coefficient (Wildman–Crippen LogP) is 2.48. The van der Waals surface area contributed by atoms with Gasteiger partial charge >= 0.3 is 12.1 Å². The maximum atomic E-state index is 11.2. The van der Waals surface area contributed by atoms with Crippen molar-refractivity contribution in [3.63, 3.8) is 0 Å². The Balaban J connectivity index is 2.96. The summed E-state index contributed by atoms with van der Waals surface area (Å²) in [6, 6.07) is 0. The number of anilines is 2. The molecule has 4 N–H and O–H groups in total. The Morgan fingerprint density at radius 2 is 2.28 bits per heavy atom. The number of amides is 1. The molecule has 1 rings (SSSR count). The van der Waals surface area contributed by atoms with Crippen LogP contribution < -0.4 is 11.1 Å². The number of nitrogen functional groups attached to an aromatic ring is 1. The molecular formula is C11H16N2O4S. The number of methoxy groups -OCH3 is 1. The fourth-order valence-electron chi connectivity index (χ4n) is 1.57. The lowest BCUT2D eigenvalue weighted by Gasteiger charge is -2.10. The molecule has 0 radical (unpaired) electrons. The van der Waals surface area contributed by atoms with E-state index in [1.165, 1.54) is 18.4 Å². The Morgan fingerprint density at radius 3 is 2.78 bits per heavy atom. The molecule has 0 bridgehead atoms. The molecule has 6 nitrogen and oxygen atoms in total. The summed E-state index contributed by atoms with van der Waals surface area (Å²) >= 11 is 1.23. The number of carbonyl (C=O) groups excluding carboxylic acids is 1. The summed E-state index contributed by atoms with van der Waals surface area (Å²) in [5, 5.41) is 13.2. The van der Waals surface area contributed by atoms with Gasteiger partial charge in [0, 0.05) is 10.3 Å². The van der Waals surface area contributed by atoms with Gasteiger partial charge in [0.25, 0.3) is 0 Å². The van der Waals surface area contributed by atoms with Crippen LogP contribution in [0.5, 0.6) is 0 Å². The van der Waals surface area contributed by atoms with Gasteiger partial charge in [-0.1, -0.05) is 13.3 Å². The largest absolute Gasteiger partial charge is 0.481 e. The summed E-state index contributed by atoms with van der Waals surface area (Å²) in [4.78, 5) is 22.8. The second-order valence-electron chi connectivity index (χ2n) is 3.72. The number of carboxylic acid groups (broad SMARTS) is 1. The molecule has 0 fully saturated rings. The van der Waals surface area contributed by atoms with Crippen LogP contribution in [0.3, 0.4) is 0 Å². The lowest BCUT2D eigenvalue weighted by atomic mass is 10.0. The van der Waals surface area contributed by atoms with Crippen LogP contribution in [0.15, 0.2) is 5.38 Å². The fourth-order valence-corrected chi connectivity index (χ4v) is 2.62. The number of nitrogens with two attached hydrogens (primary N) is 1. The monoisotopic (exact) mass is 272 g/mol. The first kappa shape index (κ1) is 14.3. The van der Waals surface area contributed by atoms with Crippen LogP contribution in [0.4, 0.5) is 16.2 Å². The molecule has 100 valence electrons. The summed E-state index contributed by atoms with van der Waals surface area (Å²) in [5.74, 6) is -1.54. The van der Waals surface area contributed by atoms with Crippen molar-refractivity contribution in [2.24, 2.45) is 0 Å². The number of aliphatic carboxylic acids is 1. The van der Waals surface area contributed by atoms with E-state index in [-0.39, 0.29) is 0 Å². The molecule has 0 spiro atoms. The molecule has 0 aliphatic rings. The van der Waals surface area contributed by atoms with E-state index in [0.29, 0.717) is 22.7 Å². The second-order valence-corrected chi connectivity index (χ2v) is 4.63. The van der Waals surface area contributed by atoms with Crippen molar-refractivity contribution in [3.05, 3.63) is 10.3 Å². The average molecular weight is 272 g/mol. The van der Waals surface area contributed by atoms with Crippen molar-refractivity contribution in [3.8, 4) is 0 Å². The number of hydrogen-bond acceptors (Lipinski definition) is 5. The van der Waals surface area contributed by atoms with Crippen molar-refractivity contribution >= 4 is 34.8 Å². The van der Waals surface area contributed by atoms with Gasteiger partial charge < -0.3 is 15.6 Å². The molecule has 0 saturated carbocycles. The maximum absolute atomic E-state index is 11.2. The minimum Gasteiger partial charge on any atom is -0.481 e. The molecule has 7 heteroatoms. The van der Waals surface area contributed by atoms with Crippen LogP contribution >= 0.6 is 11.3 Å². The highest BCUT2D eigenvalue weighted by Crippen LogP contribution is 2.37. The summed E-state index contributed by atoms with van der Waals surface area (Å²) in [7, 11) is 1.25. The van der Waals surface area contributed by atoms with E-state index in [1.54, 1.807) is 5.38 Å². The van der Waals surface area contributed by atoms with Crippen LogP contribution in [-0.4, -0.2) is 24.3 Å². The van der Waals surface area contributed by atoms with E-state index in [0.717, 1.165) is 6.42 Å². The zero-order valence-corrected chi connectivity index (χ0v) is 11.0. The smallest absolute Gasteiger partial charge is 0.411 e. The van der Waals surface area contributed by atoms with Crippen LogP contribution in [0.25, 0.3) is 0 Å². The van der Waals surface area contributed by atoms with Crippen molar-refractivity contribution in [1.82, 2.24) is 0 Å². The molecule has 1 atom stereocenters. The molecule has 1 aromatic rings. The van der Waals surface area contributed by atoms with E-state index in [9.17, 15) is 9.59 Å². The van der Waals surface area contributed by atoms with Crippen LogP contribution in [0, 0.1) is 0 Å². The third-order valence-electron chi connectivity index (χ3n) is 2.47. The fraction of sp³-hybridized carbons (Fsp3) is 0.455. The van der Waals surface area contributed by atoms with Crippen molar-refractivity contribution < 1.29 is 19.4 Å². The first-order valence-corrected chi connectivity index (χ1v) is 6.33. The highest BCUT2D eigenvalue weighted by molar-refractivity contribution is 7.11. The van der Waals surface area contributed by atoms with E-state index in [4.69, 9.17) is 10.8 Å². The van der Waals surface area contributed by atoms with E-state index < -0.39 is 18.0 Å². The van der Waals surface area contributed by atoms with Crippen LogP contribution in [-0.2, 0) is 9.53 Å². The molecule has 0 saturated heterocycles. The zero-order valence-electron chi connectivity index (χ0n) is 10.2. The molecule has 1 aromatic heterocycles. The number of nitrogens with one attached hydrogen (secondary N) is 1. The molecule has 18 heavy (non-hydrogen) atoms. The van der Waals surface area contributed by atoms with Gasteiger partial charge in [-0.05, 0) is 6.42 Å². The number of rotatable bonds is 5. The summed E-state index contributed by atoms with van der Waals surface area (Å²) in [6.07, 6.45) is 0.625. The van der Waals surface area contributed by atoms with Gasteiger partial charge in [0.15, 0.2) is 0 Å². The van der Waals surface area contributed by atoms with Gasteiger partial charge in [-0.25, -0.2) is 4.79 Å². The van der Waals surface area contributed by atoms with Crippen molar-refractivity contribution in [2.45, 2.75) is 25.7 Å². The Hall–Kier alpha value is -1.76. The van der Waals surface area contributed by atoms with E-state index in [2.05, 4.69) is 10.1 Å². The normalized spacial score (nSPS) is 11.9. The third kappa shape index (κ3) is 3.13. The topological polar surface area (TPSA) is 102 Å². The Bertz CT molecular complexity index is 444. The maximum Gasteiger partial charge on any atom is 0.411 e. The van der Waals surface area contributed by atoms with Crippen LogP contribution in [0.1, 0.15) is 30.6 Å². The molecule has 1 amide bonds. The van der Waals surface area contributed by atoms with Gasteiger partial charge in [0.2, 0.25) is 0 Å². The number of carboxylic acids is 1. The van der Waals surface area contributed by atoms with Crippen LogP contribution in [0.2, 0.25) is 0 Å². The number of hydrogen-bond donors (Lipinski definition) is 3. The summed E-state index contributed by atoms with van der Waals surface area (Å²) < 4.78 is 4.46. The standard InChI is InChI=1S/C11H16N2O4S/c1-3-4-6(10(14)15)9-8(12)7(5-18-9)13-11(16)17-2/h5-6H,3-4,12H2,1-2H3,(H,13,16)(H,14,15). The lowest BCUT2D eigenvalue weighted by Crippen LogP contribution is -2.14. The molecule has 0 aliphatic carbocycles. The van der Waals surface area contributed by atoms with Crippen molar-refractivity contribution in [2.75, 3.05) is 18.2 Å². The lowest BCUT2D eigenvalue weighted by molar-refractivity contribution is -0.138. The minimum absolute atomic E-state index is 0.297. The first-order chi connectivity index (χ1) is 8.51. The number of thiophene rings is 1. The molecule has 1 heterocycles. The Kier molecular flexibility index (Phi) is 4.96. The van der Waals surface area contributed by atoms with Crippen molar-refractivity contribution in [1.29, 1.82) is 0 Å². The summed E-state index contributed by atoms with van der Waals surface area (Å²) in [5.41, 5.74) is 6.54. The summed E-state index contributed by atoms with van der Waals surface area (Å²) in [6.45, 7) is 1.91. The molecule has 0 aliphatic heterocycles. The second kappa shape index (κ2) is 6.25. The van der Waals surface area contributed by atoms with E-state index in [1.807, 2.05) is 6.92 Å². The molecule has 0 aromatic carbocycles.